The predicted molar refractivity (Wildman–Crippen MR) is 173 cm³/mol. The maximum absolute atomic E-state index is 15.9. The number of carbonyl (C=O) groups is 1. The number of hydrogen-bond acceptors (Lipinski definition) is 7. The Morgan fingerprint density at radius 2 is 1.62 bits per heavy atom. The van der Waals surface area contributed by atoms with E-state index in [2.05, 4.69) is 14.6 Å². The molecule has 0 aliphatic carbocycles. The van der Waals surface area contributed by atoms with Crippen molar-refractivity contribution < 1.29 is 22.3 Å². The van der Waals surface area contributed by atoms with Crippen LogP contribution in [-0.2, 0) is 14.9 Å². The number of nitrogens with zero attached hydrogens (tertiary/aromatic N) is 6. The SMILES string of the molecule is CCN(C)S(=O)(=O)Nc1cccc(-c2nn(-c3ccc(N4CCN(C(=O)OC(C)(C)C)CC4)cc3)cc2-c2ccncc2)c1F. The smallest absolute Gasteiger partial charge is 0.410 e. The van der Waals surface area contributed by atoms with Gasteiger partial charge in [0.15, 0.2) is 5.82 Å². The van der Waals surface area contributed by atoms with Gasteiger partial charge in [-0.1, -0.05) is 13.0 Å². The van der Waals surface area contributed by atoms with Crippen LogP contribution in [0.3, 0.4) is 0 Å². The van der Waals surface area contributed by atoms with Crippen LogP contribution >= 0.6 is 0 Å². The lowest BCUT2D eigenvalue weighted by Gasteiger charge is -2.36. The number of rotatable bonds is 8. The summed E-state index contributed by atoms with van der Waals surface area (Å²) in [7, 11) is -2.51. The van der Waals surface area contributed by atoms with Gasteiger partial charge in [-0.25, -0.2) is 13.9 Å². The molecule has 4 aromatic rings. The summed E-state index contributed by atoms with van der Waals surface area (Å²) in [5.41, 5.74) is 3.00. The minimum Gasteiger partial charge on any atom is -0.444 e. The largest absolute Gasteiger partial charge is 0.444 e. The van der Waals surface area contributed by atoms with Crippen molar-refractivity contribution in [2.45, 2.75) is 33.3 Å². The number of benzene rings is 2. The Morgan fingerprint density at radius 1 is 0.978 bits per heavy atom. The molecule has 2 aromatic heterocycles. The number of aromatic nitrogens is 3. The second kappa shape index (κ2) is 12.9. The third kappa shape index (κ3) is 7.26. The highest BCUT2D eigenvalue weighted by Gasteiger charge is 2.26. The number of nitrogens with one attached hydrogen (secondary N) is 1. The molecule has 1 aliphatic heterocycles. The summed E-state index contributed by atoms with van der Waals surface area (Å²) in [5, 5.41) is 4.77. The zero-order chi connectivity index (χ0) is 32.4. The first-order valence-electron chi connectivity index (χ1n) is 14.7. The fourth-order valence-electron chi connectivity index (χ4n) is 4.92. The summed E-state index contributed by atoms with van der Waals surface area (Å²) >= 11 is 0. The zero-order valence-electron chi connectivity index (χ0n) is 26.1. The molecule has 5 rings (SSSR count). The number of carbonyl (C=O) groups excluding carboxylic acids is 1. The van der Waals surface area contributed by atoms with Gasteiger partial charge in [-0.3, -0.25) is 9.71 Å². The summed E-state index contributed by atoms with van der Waals surface area (Å²) < 4.78 is 51.8. The Morgan fingerprint density at radius 3 is 2.24 bits per heavy atom. The van der Waals surface area contributed by atoms with Crippen LogP contribution in [0.2, 0.25) is 0 Å². The van der Waals surface area contributed by atoms with Crippen LogP contribution in [0.4, 0.5) is 20.6 Å². The van der Waals surface area contributed by atoms with Crippen LogP contribution < -0.4 is 9.62 Å². The summed E-state index contributed by atoms with van der Waals surface area (Å²) in [6, 6.07) is 16.0. The lowest BCUT2D eigenvalue weighted by Crippen LogP contribution is -2.50. The fraction of sp³-hybridized carbons (Fsp3) is 0.344. The van der Waals surface area contributed by atoms with Crippen molar-refractivity contribution in [3.8, 4) is 28.1 Å². The van der Waals surface area contributed by atoms with E-state index in [1.807, 2.05) is 63.4 Å². The number of pyridine rings is 1. The molecule has 45 heavy (non-hydrogen) atoms. The van der Waals surface area contributed by atoms with E-state index in [-0.39, 0.29) is 23.9 Å². The van der Waals surface area contributed by atoms with Gasteiger partial charge in [0.1, 0.15) is 11.3 Å². The minimum atomic E-state index is -3.93. The van der Waals surface area contributed by atoms with Crippen molar-refractivity contribution in [2.24, 2.45) is 0 Å². The highest BCUT2D eigenvalue weighted by Crippen LogP contribution is 2.36. The number of hydrogen-bond donors (Lipinski definition) is 1. The molecule has 11 nitrogen and oxygen atoms in total. The second-order valence-electron chi connectivity index (χ2n) is 11.7. The van der Waals surface area contributed by atoms with E-state index in [0.29, 0.717) is 37.4 Å². The first kappa shape index (κ1) is 31.9. The molecule has 1 amide bonds. The van der Waals surface area contributed by atoms with Crippen LogP contribution in [0, 0.1) is 5.82 Å². The van der Waals surface area contributed by atoms with Crippen molar-refractivity contribution in [1.29, 1.82) is 0 Å². The standard InChI is InChI=1S/C32H38FN7O4S/c1-6-37(5)45(42,43)36-28-9-7-8-26(29(28)33)30-27(23-14-16-34-17-15-23)22-40(35-30)25-12-10-24(11-13-25)38-18-20-39(21-19-38)31(41)44-32(2,3)4/h7-17,22,36H,6,18-21H2,1-5H3. The van der Waals surface area contributed by atoms with E-state index in [0.717, 1.165) is 21.2 Å². The van der Waals surface area contributed by atoms with Gasteiger partial charge in [-0.15, -0.1) is 0 Å². The number of anilines is 2. The van der Waals surface area contributed by atoms with Crippen molar-refractivity contribution in [2.75, 3.05) is 49.4 Å². The summed E-state index contributed by atoms with van der Waals surface area (Å²) in [6.45, 7) is 9.96. The van der Waals surface area contributed by atoms with Gasteiger partial charge in [0.05, 0.1) is 11.4 Å². The van der Waals surface area contributed by atoms with Crippen molar-refractivity contribution in [3.63, 3.8) is 0 Å². The van der Waals surface area contributed by atoms with E-state index < -0.39 is 21.6 Å². The van der Waals surface area contributed by atoms with Gasteiger partial charge in [0, 0.05) is 75.2 Å². The molecule has 13 heteroatoms. The normalized spacial score (nSPS) is 14.1. The Kier molecular flexibility index (Phi) is 9.12. The molecule has 0 radical (unpaired) electrons. The third-order valence-electron chi connectivity index (χ3n) is 7.46. The molecule has 0 bridgehead atoms. The van der Waals surface area contributed by atoms with Crippen molar-refractivity contribution in [3.05, 3.63) is 79.0 Å². The van der Waals surface area contributed by atoms with E-state index in [4.69, 9.17) is 9.84 Å². The molecule has 0 atom stereocenters. The van der Waals surface area contributed by atoms with E-state index >= 15 is 4.39 Å². The van der Waals surface area contributed by atoms with Gasteiger partial charge in [-0.05, 0) is 74.9 Å². The number of ether oxygens (including phenoxy) is 1. The average molecular weight is 636 g/mol. The Labute approximate surface area is 263 Å². The van der Waals surface area contributed by atoms with Gasteiger partial charge >= 0.3 is 16.3 Å². The predicted octanol–water partition coefficient (Wildman–Crippen LogP) is 5.41. The number of piperazine rings is 1. The van der Waals surface area contributed by atoms with Crippen LogP contribution in [0.15, 0.2) is 73.2 Å². The molecule has 2 aromatic carbocycles. The van der Waals surface area contributed by atoms with Crippen LogP contribution in [-0.4, -0.2) is 83.9 Å². The van der Waals surface area contributed by atoms with Gasteiger partial charge in [0.2, 0.25) is 0 Å². The van der Waals surface area contributed by atoms with E-state index in [9.17, 15) is 13.2 Å². The molecule has 0 spiro atoms. The summed E-state index contributed by atoms with van der Waals surface area (Å²) in [5.74, 6) is -0.730. The lowest BCUT2D eigenvalue weighted by atomic mass is 10.0. The Bertz CT molecular complexity index is 1750. The molecular weight excluding hydrogens is 597 g/mol. The summed E-state index contributed by atoms with van der Waals surface area (Å²) in [4.78, 5) is 20.5. The van der Waals surface area contributed by atoms with Crippen molar-refractivity contribution in [1.82, 2.24) is 24.0 Å². The van der Waals surface area contributed by atoms with Crippen LogP contribution in [0.1, 0.15) is 27.7 Å². The second-order valence-corrected chi connectivity index (χ2v) is 13.5. The number of amides is 1. The lowest BCUT2D eigenvalue weighted by molar-refractivity contribution is 0.0240. The molecule has 1 saturated heterocycles. The van der Waals surface area contributed by atoms with Crippen molar-refractivity contribution >= 4 is 27.7 Å². The number of halogens is 1. The first-order valence-corrected chi connectivity index (χ1v) is 16.2. The average Bonchev–Trinajstić information content (AvgIpc) is 3.46. The monoisotopic (exact) mass is 635 g/mol. The van der Waals surface area contributed by atoms with Crippen LogP contribution in [0.25, 0.3) is 28.1 Å². The van der Waals surface area contributed by atoms with E-state index in [1.165, 1.54) is 13.1 Å². The molecule has 238 valence electrons. The zero-order valence-corrected chi connectivity index (χ0v) is 26.9. The molecule has 3 heterocycles. The Balaban J connectivity index is 1.42. The van der Waals surface area contributed by atoms with Gasteiger partial charge in [0.25, 0.3) is 0 Å². The molecule has 1 N–H and O–H groups in total. The van der Waals surface area contributed by atoms with Gasteiger partial charge in [-0.2, -0.15) is 17.8 Å². The maximum Gasteiger partial charge on any atom is 0.410 e. The highest BCUT2D eigenvalue weighted by molar-refractivity contribution is 7.90. The highest BCUT2D eigenvalue weighted by atomic mass is 32.2. The minimum absolute atomic E-state index is 0.152. The molecular formula is C32H38FN7O4S. The third-order valence-corrected chi connectivity index (χ3v) is 9.02. The van der Waals surface area contributed by atoms with Crippen LogP contribution in [0.5, 0.6) is 0 Å². The fourth-order valence-corrected chi connectivity index (χ4v) is 5.85. The first-order chi connectivity index (χ1) is 21.4. The molecule has 0 saturated carbocycles. The topological polar surface area (TPSA) is 113 Å². The summed E-state index contributed by atoms with van der Waals surface area (Å²) in [6.07, 6.45) is 4.81. The Hall–Kier alpha value is -4.49. The molecule has 0 unspecified atom stereocenters. The quantitative estimate of drug-likeness (QED) is 0.276. The maximum atomic E-state index is 15.9. The molecule has 1 fully saturated rings. The van der Waals surface area contributed by atoms with E-state index in [1.54, 1.807) is 41.0 Å². The molecule has 1 aliphatic rings. The van der Waals surface area contributed by atoms with Gasteiger partial charge < -0.3 is 14.5 Å².